The van der Waals surface area contributed by atoms with E-state index in [1.807, 2.05) is 0 Å². The average molecular weight is 302 g/mol. The number of alkyl halides is 1. The molecular formula is C17H32ClNO. The maximum atomic E-state index is 6.44. The van der Waals surface area contributed by atoms with Gasteiger partial charge in [-0.1, -0.05) is 40.0 Å². The molecule has 2 rings (SSSR count). The predicted molar refractivity (Wildman–Crippen MR) is 86.5 cm³/mol. The third-order valence-corrected chi connectivity index (χ3v) is 5.36. The summed E-state index contributed by atoms with van der Waals surface area (Å²) in [5.41, 5.74) is 0.504. The van der Waals surface area contributed by atoms with Crippen LogP contribution in [0.3, 0.4) is 0 Å². The molecule has 2 atom stereocenters. The first kappa shape index (κ1) is 16.6. The molecule has 0 amide bonds. The van der Waals surface area contributed by atoms with Gasteiger partial charge in [-0.25, -0.2) is 0 Å². The van der Waals surface area contributed by atoms with Gasteiger partial charge in [0.2, 0.25) is 0 Å². The molecule has 1 aliphatic carbocycles. The van der Waals surface area contributed by atoms with Crippen LogP contribution in [0.25, 0.3) is 0 Å². The van der Waals surface area contributed by atoms with Gasteiger partial charge in [0.05, 0.1) is 11.7 Å². The van der Waals surface area contributed by atoms with E-state index in [1.165, 1.54) is 44.9 Å². The Morgan fingerprint density at radius 3 is 2.50 bits per heavy atom. The molecule has 0 aromatic heterocycles. The fourth-order valence-corrected chi connectivity index (χ4v) is 4.05. The minimum atomic E-state index is 0.244. The summed E-state index contributed by atoms with van der Waals surface area (Å²) < 4.78 is 6.44. The standard InChI is InChI=1S/C17H32ClNO/c1-16(2,3)15(8-12-18)19-13-14-7-11-17(20-14)9-5-4-6-10-17/h14-15,19H,4-13H2,1-3H3. The highest BCUT2D eigenvalue weighted by molar-refractivity contribution is 6.17. The number of hydrogen-bond acceptors (Lipinski definition) is 2. The third kappa shape index (κ3) is 4.35. The van der Waals surface area contributed by atoms with E-state index in [0.717, 1.165) is 18.8 Å². The lowest BCUT2D eigenvalue weighted by atomic mass is 9.83. The van der Waals surface area contributed by atoms with Crippen LogP contribution >= 0.6 is 11.6 Å². The highest BCUT2D eigenvalue weighted by atomic mass is 35.5. The SMILES string of the molecule is CC(C)(C)C(CCCl)NCC1CCC2(CCCCC2)O1. The van der Waals surface area contributed by atoms with Gasteiger partial charge in [-0.15, -0.1) is 11.6 Å². The molecule has 1 spiro atoms. The van der Waals surface area contributed by atoms with Gasteiger partial charge in [0.15, 0.2) is 0 Å². The maximum absolute atomic E-state index is 6.44. The van der Waals surface area contributed by atoms with E-state index in [4.69, 9.17) is 16.3 Å². The molecule has 1 saturated heterocycles. The van der Waals surface area contributed by atoms with Crippen molar-refractivity contribution in [2.45, 2.75) is 89.9 Å². The molecular weight excluding hydrogens is 270 g/mol. The zero-order chi connectivity index (χ0) is 14.6. The van der Waals surface area contributed by atoms with Gasteiger partial charge >= 0.3 is 0 Å². The fraction of sp³-hybridized carbons (Fsp3) is 1.00. The molecule has 1 saturated carbocycles. The summed E-state index contributed by atoms with van der Waals surface area (Å²) in [5, 5.41) is 3.72. The first-order valence-corrected chi connectivity index (χ1v) is 8.96. The van der Waals surface area contributed by atoms with Crippen LogP contribution in [-0.2, 0) is 4.74 Å². The molecule has 0 bridgehead atoms. The van der Waals surface area contributed by atoms with Crippen molar-refractivity contribution in [2.75, 3.05) is 12.4 Å². The minimum Gasteiger partial charge on any atom is -0.370 e. The van der Waals surface area contributed by atoms with Crippen molar-refractivity contribution in [1.29, 1.82) is 0 Å². The molecule has 2 aliphatic rings. The lowest BCUT2D eigenvalue weighted by Crippen LogP contribution is -2.44. The van der Waals surface area contributed by atoms with E-state index in [9.17, 15) is 0 Å². The van der Waals surface area contributed by atoms with E-state index >= 15 is 0 Å². The Bertz CT molecular complexity index is 294. The van der Waals surface area contributed by atoms with Crippen molar-refractivity contribution >= 4 is 11.6 Å². The second-order valence-corrected chi connectivity index (χ2v) is 8.20. The average Bonchev–Trinajstić information content (AvgIpc) is 2.77. The zero-order valence-corrected chi connectivity index (χ0v) is 14.3. The van der Waals surface area contributed by atoms with Crippen molar-refractivity contribution in [3.8, 4) is 0 Å². The molecule has 2 nitrogen and oxygen atoms in total. The first-order chi connectivity index (χ1) is 9.45. The topological polar surface area (TPSA) is 21.3 Å². The fourth-order valence-electron chi connectivity index (χ4n) is 3.83. The highest BCUT2D eigenvalue weighted by Crippen LogP contribution is 2.41. The summed E-state index contributed by atoms with van der Waals surface area (Å²) in [7, 11) is 0. The summed E-state index contributed by atoms with van der Waals surface area (Å²) >= 11 is 5.94. The summed E-state index contributed by atoms with van der Waals surface area (Å²) in [6.07, 6.45) is 10.6. The largest absolute Gasteiger partial charge is 0.370 e. The van der Waals surface area contributed by atoms with Gasteiger partial charge in [0, 0.05) is 18.5 Å². The summed E-state index contributed by atoms with van der Waals surface area (Å²) in [5.74, 6) is 0.727. The second-order valence-electron chi connectivity index (χ2n) is 7.83. The quantitative estimate of drug-likeness (QED) is 0.755. The van der Waals surface area contributed by atoms with Crippen molar-refractivity contribution in [3.63, 3.8) is 0 Å². The van der Waals surface area contributed by atoms with Crippen molar-refractivity contribution in [2.24, 2.45) is 5.41 Å². The van der Waals surface area contributed by atoms with Gasteiger partial charge in [0.1, 0.15) is 0 Å². The van der Waals surface area contributed by atoms with E-state index in [0.29, 0.717) is 12.1 Å². The Kier molecular flexibility index (Phi) is 5.79. The Morgan fingerprint density at radius 1 is 1.20 bits per heavy atom. The molecule has 0 aromatic carbocycles. The van der Waals surface area contributed by atoms with Crippen LogP contribution in [0, 0.1) is 5.41 Å². The number of ether oxygens (including phenoxy) is 1. The molecule has 1 heterocycles. The summed E-state index contributed by atoms with van der Waals surface area (Å²) in [6, 6.07) is 0.478. The van der Waals surface area contributed by atoms with Crippen molar-refractivity contribution < 1.29 is 4.74 Å². The van der Waals surface area contributed by atoms with Gasteiger partial charge in [-0.3, -0.25) is 0 Å². The summed E-state index contributed by atoms with van der Waals surface area (Å²) in [4.78, 5) is 0. The van der Waals surface area contributed by atoms with E-state index in [2.05, 4.69) is 26.1 Å². The van der Waals surface area contributed by atoms with Gasteiger partial charge in [-0.2, -0.15) is 0 Å². The van der Waals surface area contributed by atoms with Crippen LogP contribution in [0.4, 0.5) is 0 Å². The second kappa shape index (κ2) is 6.98. The predicted octanol–water partition coefficient (Wildman–Crippen LogP) is 4.50. The molecule has 2 fully saturated rings. The molecule has 1 aliphatic heterocycles. The van der Waals surface area contributed by atoms with E-state index in [-0.39, 0.29) is 11.0 Å². The Hall–Kier alpha value is 0.210. The Balaban J connectivity index is 1.79. The molecule has 0 aromatic rings. The van der Waals surface area contributed by atoms with E-state index < -0.39 is 0 Å². The van der Waals surface area contributed by atoms with E-state index in [1.54, 1.807) is 0 Å². The lowest BCUT2D eigenvalue weighted by molar-refractivity contribution is -0.0637. The highest BCUT2D eigenvalue weighted by Gasteiger charge is 2.40. The number of nitrogens with one attached hydrogen (secondary N) is 1. The number of rotatable bonds is 5. The third-order valence-electron chi connectivity index (χ3n) is 5.14. The molecule has 20 heavy (non-hydrogen) atoms. The lowest BCUT2D eigenvalue weighted by Gasteiger charge is -2.35. The maximum Gasteiger partial charge on any atom is 0.0708 e. The first-order valence-electron chi connectivity index (χ1n) is 8.42. The Labute approximate surface area is 130 Å². The van der Waals surface area contributed by atoms with Crippen molar-refractivity contribution in [1.82, 2.24) is 5.32 Å². The smallest absolute Gasteiger partial charge is 0.0708 e. The molecule has 1 N–H and O–H groups in total. The van der Waals surface area contributed by atoms with Crippen LogP contribution < -0.4 is 5.32 Å². The normalized spacial score (nSPS) is 27.9. The number of halogens is 1. The van der Waals surface area contributed by atoms with Gasteiger partial charge in [0.25, 0.3) is 0 Å². The van der Waals surface area contributed by atoms with Crippen LogP contribution in [0.15, 0.2) is 0 Å². The minimum absolute atomic E-state index is 0.244. The van der Waals surface area contributed by atoms with Crippen LogP contribution in [0.2, 0.25) is 0 Å². The number of hydrogen-bond donors (Lipinski definition) is 1. The Morgan fingerprint density at radius 2 is 1.90 bits per heavy atom. The summed E-state index contributed by atoms with van der Waals surface area (Å²) in [6.45, 7) is 7.85. The molecule has 2 unspecified atom stereocenters. The van der Waals surface area contributed by atoms with Crippen LogP contribution in [0.1, 0.15) is 72.1 Å². The van der Waals surface area contributed by atoms with Gasteiger partial charge < -0.3 is 10.1 Å². The molecule has 3 heteroatoms. The molecule has 0 radical (unpaired) electrons. The molecule has 118 valence electrons. The monoisotopic (exact) mass is 301 g/mol. The van der Waals surface area contributed by atoms with Gasteiger partial charge in [-0.05, 0) is 37.5 Å². The zero-order valence-electron chi connectivity index (χ0n) is 13.5. The van der Waals surface area contributed by atoms with Crippen molar-refractivity contribution in [3.05, 3.63) is 0 Å². The van der Waals surface area contributed by atoms with Crippen LogP contribution in [0.5, 0.6) is 0 Å². The van der Waals surface area contributed by atoms with Crippen LogP contribution in [-0.4, -0.2) is 30.2 Å².